The Kier molecular flexibility index (Phi) is 12.1. The maximum Gasteiger partial charge on any atom is 0.264 e. The number of hydrogen-bond donors (Lipinski definition) is 1. The van der Waals surface area contributed by atoms with Crippen LogP contribution in [-0.4, -0.2) is 44.3 Å². The number of benzene rings is 4. The summed E-state index contributed by atoms with van der Waals surface area (Å²) < 4.78 is 29.4. The Bertz CT molecular complexity index is 1790. The summed E-state index contributed by atoms with van der Waals surface area (Å²) in [6.07, 6.45) is 0.890. The number of halogens is 3. The van der Waals surface area contributed by atoms with Crippen molar-refractivity contribution >= 4 is 62.3 Å². The van der Waals surface area contributed by atoms with Gasteiger partial charge in [-0.05, 0) is 91.1 Å². The number of carbonyl (C=O) groups is 2. The molecule has 0 fully saturated rings. The van der Waals surface area contributed by atoms with Gasteiger partial charge in [0, 0.05) is 34.6 Å². The van der Waals surface area contributed by atoms with E-state index in [0.717, 1.165) is 21.0 Å². The lowest BCUT2D eigenvalue weighted by molar-refractivity contribution is -0.140. The Labute approximate surface area is 286 Å². The molecule has 0 aliphatic rings. The lowest BCUT2D eigenvalue weighted by atomic mass is 10.0. The molecule has 0 radical (unpaired) electrons. The number of amides is 2. The molecule has 11 heteroatoms. The molecule has 4 aromatic carbocycles. The highest BCUT2D eigenvalue weighted by Gasteiger charge is 2.35. The molecule has 1 atom stereocenters. The fraction of sp³-hybridized carbons (Fsp3) is 0.257. The van der Waals surface area contributed by atoms with E-state index in [-0.39, 0.29) is 23.8 Å². The third-order valence-corrected chi connectivity index (χ3v) is 10.3. The molecule has 0 aliphatic carbocycles. The molecule has 1 N–H and O–H groups in total. The van der Waals surface area contributed by atoms with E-state index < -0.39 is 28.5 Å². The largest absolute Gasteiger partial charge is 0.354 e. The van der Waals surface area contributed by atoms with Gasteiger partial charge in [-0.15, -0.1) is 0 Å². The normalized spacial score (nSPS) is 12.0. The van der Waals surface area contributed by atoms with Gasteiger partial charge in [0.1, 0.15) is 12.6 Å². The molecule has 0 aromatic heterocycles. The zero-order chi connectivity index (χ0) is 33.4. The number of nitrogens with zero attached hydrogens (tertiary/aromatic N) is 2. The van der Waals surface area contributed by atoms with Crippen LogP contribution in [0.3, 0.4) is 0 Å². The maximum absolute atomic E-state index is 14.6. The van der Waals surface area contributed by atoms with Gasteiger partial charge < -0.3 is 10.2 Å². The van der Waals surface area contributed by atoms with E-state index >= 15 is 0 Å². The van der Waals surface area contributed by atoms with Gasteiger partial charge in [-0.3, -0.25) is 13.9 Å². The van der Waals surface area contributed by atoms with E-state index in [1.807, 2.05) is 51.1 Å². The molecule has 0 unspecified atom stereocenters. The van der Waals surface area contributed by atoms with Crippen LogP contribution in [0.15, 0.2) is 95.9 Å². The smallest absolute Gasteiger partial charge is 0.264 e. The van der Waals surface area contributed by atoms with Crippen LogP contribution < -0.4 is 9.62 Å². The molecule has 0 spiro atoms. The van der Waals surface area contributed by atoms with E-state index in [4.69, 9.17) is 34.8 Å². The number of aryl methyl sites for hydroxylation is 2. The fourth-order valence-corrected chi connectivity index (χ4v) is 6.90. The quantitative estimate of drug-likeness (QED) is 0.156. The first-order valence-corrected chi connectivity index (χ1v) is 17.4. The van der Waals surface area contributed by atoms with Crippen molar-refractivity contribution in [1.82, 2.24) is 10.2 Å². The number of sulfonamides is 1. The highest BCUT2D eigenvalue weighted by Crippen LogP contribution is 2.29. The minimum Gasteiger partial charge on any atom is -0.354 e. The third kappa shape index (κ3) is 8.82. The number of hydrogen-bond acceptors (Lipinski definition) is 4. The molecule has 242 valence electrons. The Morgan fingerprint density at radius 3 is 2.13 bits per heavy atom. The highest BCUT2D eigenvalue weighted by molar-refractivity contribution is 7.92. The van der Waals surface area contributed by atoms with E-state index in [1.54, 1.807) is 36.4 Å². The molecule has 4 rings (SSSR count). The van der Waals surface area contributed by atoms with Crippen molar-refractivity contribution in [3.8, 4) is 0 Å². The van der Waals surface area contributed by atoms with Crippen molar-refractivity contribution in [2.45, 2.75) is 51.1 Å². The van der Waals surface area contributed by atoms with Crippen molar-refractivity contribution in [1.29, 1.82) is 0 Å². The van der Waals surface area contributed by atoms with Crippen LogP contribution in [0.25, 0.3) is 0 Å². The minimum atomic E-state index is -4.25. The molecule has 4 aromatic rings. The van der Waals surface area contributed by atoms with Gasteiger partial charge in [0.2, 0.25) is 11.8 Å². The second-order valence-corrected chi connectivity index (χ2v) is 14.1. The van der Waals surface area contributed by atoms with Gasteiger partial charge in [0.15, 0.2) is 0 Å². The first-order chi connectivity index (χ1) is 21.9. The summed E-state index contributed by atoms with van der Waals surface area (Å²) in [4.78, 5) is 29.7. The van der Waals surface area contributed by atoms with Gasteiger partial charge in [0.25, 0.3) is 10.0 Å². The lowest BCUT2D eigenvalue weighted by Crippen LogP contribution is -2.53. The van der Waals surface area contributed by atoms with Crippen LogP contribution in [0.4, 0.5) is 5.69 Å². The topological polar surface area (TPSA) is 86.8 Å². The molecule has 0 bridgehead atoms. The van der Waals surface area contributed by atoms with Crippen molar-refractivity contribution < 1.29 is 18.0 Å². The third-order valence-electron chi connectivity index (χ3n) is 7.64. The maximum atomic E-state index is 14.6. The van der Waals surface area contributed by atoms with Crippen molar-refractivity contribution in [3.63, 3.8) is 0 Å². The second-order valence-electron chi connectivity index (χ2n) is 11.0. The molecule has 46 heavy (non-hydrogen) atoms. The fourth-order valence-electron chi connectivity index (χ4n) is 4.90. The summed E-state index contributed by atoms with van der Waals surface area (Å²) in [7, 11) is -4.25. The summed E-state index contributed by atoms with van der Waals surface area (Å²) in [5.41, 5.74) is 3.52. The predicted molar refractivity (Wildman–Crippen MR) is 186 cm³/mol. The van der Waals surface area contributed by atoms with E-state index in [0.29, 0.717) is 39.3 Å². The molecule has 0 saturated heterocycles. The van der Waals surface area contributed by atoms with Gasteiger partial charge in [0.05, 0.1) is 10.6 Å². The van der Waals surface area contributed by atoms with Crippen LogP contribution >= 0.6 is 34.8 Å². The zero-order valence-corrected chi connectivity index (χ0v) is 28.9. The SMILES string of the molecule is CCCNC(=O)[C@@H](Cc1ccccc1)N(Cc1ccc(Cl)cc1Cl)C(=O)CN(c1ccc(C)c(C)c1)S(=O)(=O)c1ccc(Cl)cc1. The van der Waals surface area contributed by atoms with Crippen LogP contribution in [0, 0.1) is 13.8 Å². The Hall–Kier alpha value is -3.56. The monoisotopic (exact) mass is 699 g/mol. The van der Waals surface area contributed by atoms with E-state index in [9.17, 15) is 18.0 Å². The number of rotatable bonds is 13. The first kappa shape index (κ1) is 35.3. The van der Waals surface area contributed by atoms with E-state index in [2.05, 4.69) is 5.32 Å². The summed E-state index contributed by atoms with van der Waals surface area (Å²) >= 11 is 18.8. The molecule has 0 aliphatic heterocycles. The Balaban J connectivity index is 1.83. The van der Waals surface area contributed by atoms with Crippen molar-refractivity contribution in [2.75, 3.05) is 17.4 Å². The lowest BCUT2D eigenvalue weighted by Gasteiger charge is -2.34. The van der Waals surface area contributed by atoms with Crippen LogP contribution in [0.1, 0.15) is 35.6 Å². The standard InChI is InChI=1S/C35H36Cl3N3O4S/c1-4-18-39-35(43)33(20-26-8-6-5-7-9-26)40(22-27-11-12-29(37)21-32(27)38)34(42)23-41(30-15-10-24(2)25(3)19-30)46(44,45)31-16-13-28(36)14-17-31/h5-17,19,21,33H,4,18,20,22-23H2,1-3H3,(H,39,43)/t33-/m1/s1. The molecule has 7 nitrogen and oxygen atoms in total. The van der Waals surface area contributed by atoms with Crippen molar-refractivity contribution in [2.24, 2.45) is 0 Å². The number of nitrogens with one attached hydrogen (secondary N) is 1. The summed E-state index contributed by atoms with van der Waals surface area (Å²) in [6, 6.07) is 24.3. The minimum absolute atomic E-state index is 0.0308. The summed E-state index contributed by atoms with van der Waals surface area (Å²) in [6.45, 7) is 5.50. The Morgan fingerprint density at radius 1 is 0.826 bits per heavy atom. The van der Waals surface area contributed by atoms with Gasteiger partial charge in [-0.1, -0.05) is 84.2 Å². The highest BCUT2D eigenvalue weighted by atomic mass is 35.5. The van der Waals surface area contributed by atoms with Crippen LogP contribution in [0.2, 0.25) is 15.1 Å². The number of anilines is 1. The van der Waals surface area contributed by atoms with Crippen LogP contribution in [0.5, 0.6) is 0 Å². The molecule has 0 saturated carbocycles. The zero-order valence-electron chi connectivity index (χ0n) is 25.8. The first-order valence-electron chi connectivity index (χ1n) is 14.8. The molecule has 0 heterocycles. The van der Waals surface area contributed by atoms with Gasteiger partial charge >= 0.3 is 0 Å². The van der Waals surface area contributed by atoms with Crippen molar-refractivity contribution in [3.05, 3.63) is 128 Å². The average Bonchev–Trinajstić information content (AvgIpc) is 3.03. The van der Waals surface area contributed by atoms with Gasteiger partial charge in [-0.2, -0.15) is 0 Å². The summed E-state index contributed by atoms with van der Waals surface area (Å²) in [5.74, 6) is -0.947. The van der Waals surface area contributed by atoms with Gasteiger partial charge in [-0.25, -0.2) is 8.42 Å². The number of carbonyl (C=O) groups excluding carboxylic acids is 2. The average molecular weight is 701 g/mol. The molecule has 2 amide bonds. The van der Waals surface area contributed by atoms with Crippen LogP contribution in [-0.2, 0) is 32.6 Å². The summed E-state index contributed by atoms with van der Waals surface area (Å²) in [5, 5.41) is 4.04. The second kappa shape index (κ2) is 15.8. The van der Waals surface area contributed by atoms with E-state index in [1.165, 1.54) is 29.2 Å². The molecular formula is C35H36Cl3N3O4S. The predicted octanol–water partition coefficient (Wildman–Crippen LogP) is 7.63. The Morgan fingerprint density at radius 2 is 1.50 bits per heavy atom. The molecular weight excluding hydrogens is 665 g/mol.